The van der Waals surface area contributed by atoms with Gasteiger partial charge in [-0.3, -0.25) is 9.78 Å². The van der Waals surface area contributed by atoms with Crippen LogP contribution in [0.1, 0.15) is 54.5 Å². The molecule has 1 amide bonds. The molecular formula is C22H25N5OS. The van der Waals surface area contributed by atoms with Gasteiger partial charge in [0.2, 0.25) is 0 Å². The summed E-state index contributed by atoms with van der Waals surface area (Å²) in [6, 6.07) is 5.73. The Morgan fingerprint density at radius 2 is 1.93 bits per heavy atom. The molecule has 2 aliphatic rings. The summed E-state index contributed by atoms with van der Waals surface area (Å²) in [4.78, 5) is 28.7. The standard InChI is InChI=1S/C22H25N5OS/c1-13-9-14(2)12-27(11-13)18-7-8-23-10-17(18)25-21(28)16-5-6-19-20(24-16)26-22(29-19)15-3-4-15/h5-8,10,13-15H,3-4,9,11-12H2,1-2H3,(H,25,28)/t13-,14+. The van der Waals surface area contributed by atoms with Gasteiger partial charge in [0.15, 0.2) is 5.65 Å². The second-order valence-corrected chi connectivity index (χ2v) is 9.60. The van der Waals surface area contributed by atoms with Crippen molar-refractivity contribution in [2.24, 2.45) is 11.8 Å². The minimum absolute atomic E-state index is 0.222. The number of aromatic nitrogens is 3. The highest BCUT2D eigenvalue weighted by molar-refractivity contribution is 7.18. The second kappa shape index (κ2) is 7.37. The monoisotopic (exact) mass is 407 g/mol. The van der Waals surface area contributed by atoms with Crippen molar-refractivity contribution in [1.29, 1.82) is 0 Å². The van der Waals surface area contributed by atoms with Crippen LogP contribution in [-0.4, -0.2) is 33.9 Å². The number of amides is 1. The SMILES string of the molecule is C[C@@H]1C[C@H](C)CN(c2ccncc2NC(=O)c2ccc3sc(C4CC4)nc3n2)C1. The first kappa shape index (κ1) is 18.5. The fraction of sp³-hybridized carbons (Fsp3) is 0.455. The third kappa shape index (κ3) is 3.83. The third-order valence-corrected chi connectivity index (χ3v) is 6.86. The van der Waals surface area contributed by atoms with Crippen LogP contribution in [0.5, 0.6) is 0 Å². The van der Waals surface area contributed by atoms with E-state index in [9.17, 15) is 4.79 Å². The van der Waals surface area contributed by atoms with Gasteiger partial charge < -0.3 is 10.2 Å². The van der Waals surface area contributed by atoms with Crippen LogP contribution >= 0.6 is 11.3 Å². The van der Waals surface area contributed by atoms with E-state index < -0.39 is 0 Å². The first-order valence-electron chi connectivity index (χ1n) is 10.3. The number of piperidine rings is 1. The lowest BCUT2D eigenvalue weighted by atomic mass is 9.91. The van der Waals surface area contributed by atoms with Crippen molar-refractivity contribution in [1.82, 2.24) is 15.0 Å². The van der Waals surface area contributed by atoms with Crippen LogP contribution in [0.15, 0.2) is 30.6 Å². The van der Waals surface area contributed by atoms with Gasteiger partial charge in [0, 0.05) is 25.2 Å². The summed E-state index contributed by atoms with van der Waals surface area (Å²) in [6.07, 6.45) is 7.18. The fourth-order valence-corrected chi connectivity index (χ4v) is 5.35. The zero-order valence-electron chi connectivity index (χ0n) is 16.8. The van der Waals surface area contributed by atoms with Gasteiger partial charge in [-0.15, -0.1) is 11.3 Å². The van der Waals surface area contributed by atoms with Crippen molar-refractivity contribution in [2.75, 3.05) is 23.3 Å². The van der Waals surface area contributed by atoms with Crippen LogP contribution in [0, 0.1) is 11.8 Å². The molecule has 1 saturated carbocycles. The van der Waals surface area contributed by atoms with Gasteiger partial charge in [-0.1, -0.05) is 13.8 Å². The van der Waals surface area contributed by atoms with Crippen LogP contribution in [-0.2, 0) is 0 Å². The Hall–Kier alpha value is -2.54. The summed E-state index contributed by atoms with van der Waals surface area (Å²) in [7, 11) is 0. The molecule has 29 heavy (non-hydrogen) atoms. The molecule has 0 radical (unpaired) electrons. The Bertz CT molecular complexity index is 1050. The van der Waals surface area contributed by atoms with Gasteiger partial charge in [0.05, 0.1) is 27.3 Å². The normalized spacial score (nSPS) is 22.1. The largest absolute Gasteiger partial charge is 0.369 e. The molecule has 0 unspecified atom stereocenters. The van der Waals surface area contributed by atoms with Gasteiger partial charge in [-0.2, -0.15) is 0 Å². The minimum Gasteiger partial charge on any atom is -0.369 e. The van der Waals surface area contributed by atoms with Crippen molar-refractivity contribution in [2.45, 2.75) is 39.0 Å². The summed E-state index contributed by atoms with van der Waals surface area (Å²) < 4.78 is 1.04. The molecule has 5 rings (SSSR count). The molecule has 7 heteroatoms. The average Bonchev–Trinajstić information content (AvgIpc) is 3.46. The lowest BCUT2D eigenvalue weighted by Gasteiger charge is -2.37. The molecule has 0 aromatic carbocycles. The minimum atomic E-state index is -0.222. The number of carbonyl (C=O) groups excluding carboxylic acids is 1. The van der Waals surface area contributed by atoms with E-state index in [1.165, 1.54) is 19.3 Å². The Labute approximate surface area is 174 Å². The summed E-state index contributed by atoms with van der Waals surface area (Å²) >= 11 is 1.69. The number of pyridine rings is 2. The number of hydrogen-bond acceptors (Lipinski definition) is 6. The van der Waals surface area contributed by atoms with E-state index in [0.717, 1.165) is 34.2 Å². The second-order valence-electron chi connectivity index (χ2n) is 8.54. The van der Waals surface area contributed by atoms with Crippen molar-refractivity contribution >= 4 is 39.0 Å². The number of nitrogens with one attached hydrogen (secondary N) is 1. The lowest BCUT2D eigenvalue weighted by Crippen LogP contribution is -2.39. The molecule has 2 fully saturated rings. The van der Waals surface area contributed by atoms with Crippen molar-refractivity contribution in [3.8, 4) is 0 Å². The molecule has 3 aromatic rings. The molecule has 0 bridgehead atoms. The van der Waals surface area contributed by atoms with E-state index >= 15 is 0 Å². The molecule has 1 aliphatic carbocycles. The van der Waals surface area contributed by atoms with Crippen LogP contribution < -0.4 is 10.2 Å². The average molecular weight is 408 g/mol. The summed E-state index contributed by atoms with van der Waals surface area (Å²) in [5.41, 5.74) is 2.82. The topological polar surface area (TPSA) is 71.0 Å². The van der Waals surface area contributed by atoms with Crippen molar-refractivity contribution < 1.29 is 4.79 Å². The molecule has 0 spiro atoms. The van der Waals surface area contributed by atoms with Gasteiger partial charge in [-0.05, 0) is 49.3 Å². The lowest BCUT2D eigenvalue weighted by molar-refractivity contribution is 0.102. The van der Waals surface area contributed by atoms with Crippen LogP contribution in [0.4, 0.5) is 11.4 Å². The summed E-state index contributed by atoms with van der Waals surface area (Å²) in [6.45, 7) is 6.55. The predicted molar refractivity (Wildman–Crippen MR) is 117 cm³/mol. The van der Waals surface area contributed by atoms with E-state index in [-0.39, 0.29) is 5.91 Å². The molecule has 1 N–H and O–H groups in total. The highest BCUT2D eigenvalue weighted by Crippen LogP contribution is 2.43. The summed E-state index contributed by atoms with van der Waals surface area (Å²) in [5.74, 6) is 1.63. The Balaban J connectivity index is 1.39. The predicted octanol–water partition coefficient (Wildman–Crippen LogP) is 4.70. The van der Waals surface area contributed by atoms with Crippen molar-refractivity contribution in [3.05, 3.63) is 41.3 Å². The highest BCUT2D eigenvalue weighted by atomic mass is 32.1. The van der Waals surface area contributed by atoms with Crippen LogP contribution in [0.25, 0.3) is 10.3 Å². The van der Waals surface area contributed by atoms with Gasteiger partial charge in [0.1, 0.15) is 5.69 Å². The molecule has 6 nitrogen and oxygen atoms in total. The zero-order valence-corrected chi connectivity index (χ0v) is 17.6. The van der Waals surface area contributed by atoms with Crippen LogP contribution in [0.2, 0.25) is 0 Å². The van der Waals surface area contributed by atoms with E-state index in [0.29, 0.717) is 29.1 Å². The summed E-state index contributed by atoms with van der Waals surface area (Å²) in [5, 5.41) is 4.18. The molecule has 2 atom stereocenters. The maximum atomic E-state index is 12.9. The molecule has 3 aromatic heterocycles. The van der Waals surface area contributed by atoms with E-state index in [4.69, 9.17) is 0 Å². The number of thiazole rings is 1. The first-order valence-corrected chi connectivity index (χ1v) is 11.2. The number of carbonyl (C=O) groups is 1. The Kier molecular flexibility index (Phi) is 4.70. The number of nitrogens with zero attached hydrogens (tertiary/aromatic N) is 4. The van der Waals surface area contributed by atoms with E-state index in [1.54, 1.807) is 29.8 Å². The van der Waals surface area contributed by atoms with Crippen LogP contribution in [0.3, 0.4) is 0 Å². The van der Waals surface area contributed by atoms with Gasteiger partial charge in [0.25, 0.3) is 5.91 Å². The molecule has 4 heterocycles. The van der Waals surface area contributed by atoms with E-state index in [1.807, 2.05) is 12.1 Å². The van der Waals surface area contributed by atoms with Gasteiger partial charge >= 0.3 is 0 Å². The number of hydrogen-bond donors (Lipinski definition) is 1. The smallest absolute Gasteiger partial charge is 0.274 e. The number of fused-ring (bicyclic) bond motifs is 1. The zero-order chi connectivity index (χ0) is 20.0. The molecule has 150 valence electrons. The Morgan fingerprint density at radius 3 is 2.69 bits per heavy atom. The Morgan fingerprint density at radius 1 is 1.14 bits per heavy atom. The third-order valence-electron chi connectivity index (χ3n) is 5.68. The number of rotatable bonds is 4. The quantitative estimate of drug-likeness (QED) is 0.679. The molecule has 1 saturated heterocycles. The molecule has 1 aliphatic heterocycles. The van der Waals surface area contributed by atoms with Crippen molar-refractivity contribution in [3.63, 3.8) is 0 Å². The maximum Gasteiger partial charge on any atom is 0.274 e. The van der Waals surface area contributed by atoms with E-state index in [2.05, 4.69) is 39.0 Å². The molecular weight excluding hydrogens is 382 g/mol. The first-order chi connectivity index (χ1) is 14.1. The fourth-order valence-electron chi connectivity index (χ4n) is 4.27. The van der Waals surface area contributed by atoms with Gasteiger partial charge in [-0.25, -0.2) is 9.97 Å². The highest BCUT2D eigenvalue weighted by Gasteiger charge is 2.28. The maximum absolute atomic E-state index is 12.9. The number of anilines is 2.